The van der Waals surface area contributed by atoms with Gasteiger partial charge in [0.1, 0.15) is 22.0 Å². The molecule has 1 aromatic heterocycles. The van der Waals surface area contributed by atoms with Crippen LogP contribution < -0.4 is 4.74 Å². The Balaban J connectivity index is 2.13. The highest BCUT2D eigenvalue weighted by Crippen LogP contribution is 2.34. The van der Waals surface area contributed by atoms with E-state index < -0.39 is 4.92 Å². The van der Waals surface area contributed by atoms with Gasteiger partial charge in [0.25, 0.3) is 5.69 Å². The van der Waals surface area contributed by atoms with Gasteiger partial charge < -0.3 is 4.74 Å². The molecule has 2 rings (SSSR count). The van der Waals surface area contributed by atoms with Crippen molar-refractivity contribution in [1.82, 2.24) is 9.97 Å². The standard InChI is InChI=1S/C11H7BrClN3O3/c12-11-8(16(17)18)2-1-3-9(11)19-6-7-4-15-10(13)5-14-7/h1-5H,6H2. The van der Waals surface area contributed by atoms with Crippen LogP contribution in [-0.2, 0) is 6.61 Å². The SMILES string of the molecule is O=[N+]([O-])c1cccc(OCc2cnc(Cl)cn2)c1Br. The molecule has 0 aliphatic carbocycles. The topological polar surface area (TPSA) is 78.2 Å². The fourth-order valence-corrected chi connectivity index (χ4v) is 1.94. The Kier molecular flexibility index (Phi) is 4.28. The lowest BCUT2D eigenvalue weighted by molar-refractivity contribution is -0.385. The van der Waals surface area contributed by atoms with Gasteiger partial charge >= 0.3 is 0 Å². The first-order valence-corrected chi connectivity index (χ1v) is 6.27. The molecule has 8 heteroatoms. The van der Waals surface area contributed by atoms with Gasteiger partial charge in [-0.25, -0.2) is 4.98 Å². The maximum Gasteiger partial charge on any atom is 0.287 e. The van der Waals surface area contributed by atoms with Gasteiger partial charge in [-0.3, -0.25) is 15.1 Å². The van der Waals surface area contributed by atoms with Gasteiger partial charge in [0.15, 0.2) is 0 Å². The number of ether oxygens (including phenoxy) is 1. The molecule has 0 spiro atoms. The van der Waals surface area contributed by atoms with Gasteiger partial charge in [-0.15, -0.1) is 0 Å². The number of rotatable bonds is 4. The minimum Gasteiger partial charge on any atom is -0.486 e. The van der Waals surface area contributed by atoms with E-state index in [1.165, 1.54) is 18.5 Å². The van der Waals surface area contributed by atoms with Crippen molar-refractivity contribution < 1.29 is 9.66 Å². The smallest absolute Gasteiger partial charge is 0.287 e. The van der Waals surface area contributed by atoms with E-state index in [0.29, 0.717) is 21.1 Å². The average molecular weight is 345 g/mol. The quantitative estimate of drug-likeness (QED) is 0.627. The van der Waals surface area contributed by atoms with Crippen LogP contribution >= 0.6 is 27.5 Å². The number of hydrogen-bond acceptors (Lipinski definition) is 5. The van der Waals surface area contributed by atoms with Crippen molar-refractivity contribution in [2.24, 2.45) is 0 Å². The van der Waals surface area contributed by atoms with Crippen LogP contribution in [0.5, 0.6) is 5.75 Å². The van der Waals surface area contributed by atoms with Crippen LogP contribution in [0, 0.1) is 10.1 Å². The molecule has 0 bridgehead atoms. The largest absolute Gasteiger partial charge is 0.486 e. The number of aromatic nitrogens is 2. The number of nitrogens with zero attached hydrogens (tertiary/aromatic N) is 3. The van der Waals surface area contributed by atoms with Gasteiger partial charge in [-0.05, 0) is 22.0 Å². The Bertz CT molecular complexity index is 607. The summed E-state index contributed by atoms with van der Waals surface area (Å²) in [5, 5.41) is 11.1. The molecule has 0 radical (unpaired) electrons. The highest BCUT2D eigenvalue weighted by molar-refractivity contribution is 9.10. The zero-order valence-corrected chi connectivity index (χ0v) is 11.8. The molecule has 2 aromatic rings. The Morgan fingerprint density at radius 1 is 1.37 bits per heavy atom. The van der Waals surface area contributed by atoms with E-state index in [9.17, 15) is 10.1 Å². The van der Waals surface area contributed by atoms with E-state index in [0.717, 1.165) is 0 Å². The Morgan fingerprint density at radius 2 is 2.16 bits per heavy atom. The second-order valence-electron chi connectivity index (χ2n) is 3.47. The molecule has 19 heavy (non-hydrogen) atoms. The first kappa shape index (κ1) is 13.7. The van der Waals surface area contributed by atoms with E-state index in [4.69, 9.17) is 16.3 Å². The first-order chi connectivity index (χ1) is 9.08. The monoisotopic (exact) mass is 343 g/mol. The summed E-state index contributed by atoms with van der Waals surface area (Å²) in [7, 11) is 0. The minimum absolute atomic E-state index is 0.0558. The second kappa shape index (κ2) is 5.94. The Labute approximate surface area is 121 Å². The predicted octanol–water partition coefficient (Wildman–Crippen LogP) is 3.38. The molecule has 0 saturated carbocycles. The molecule has 0 aliphatic heterocycles. The third-order valence-electron chi connectivity index (χ3n) is 2.19. The van der Waals surface area contributed by atoms with Crippen molar-refractivity contribution in [2.75, 3.05) is 0 Å². The molecular formula is C11H7BrClN3O3. The van der Waals surface area contributed by atoms with Crippen LogP contribution in [-0.4, -0.2) is 14.9 Å². The summed E-state index contributed by atoms with van der Waals surface area (Å²) in [5.41, 5.74) is 0.516. The minimum atomic E-state index is -0.487. The molecule has 0 aliphatic rings. The Hall–Kier alpha value is -1.73. The summed E-state index contributed by atoms with van der Waals surface area (Å²) in [6, 6.07) is 4.56. The van der Waals surface area contributed by atoms with Gasteiger partial charge in [0, 0.05) is 6.07 Å². The van der Waals surface area contributed by atoms with E-state index in [2.05, 4.69) is 25.9 Å². The van der Waals surface area contributed by atoms with Gasteiger partial charge in [0.05, 0.1) is 23.0 Å². The van der Waals surface area contributed by atoms with Gasteiger partial charge in [-0.2, -0.15) is 0 Å². The molecule has 0 saturated heterocycles. The molecule has 0 fully saturated rings. The molecule has 98 valence electrons. The second-order valence-corrected chi connectivity index (χ2v) is 4.65. The van der Waals surface area contributed by atoms with Crippen molar-refractivity contribution in [3.05, 3.63) is 56.0 Å². The zero-order valence-electron chi connectivity index (χ0n) is 9.42. The molecule has 1 heterocycles. The van der Waals surface area contributed by atoms with Crippen LogP contribution in [0.15, 0.2) is 35.1 Å². The first-order valence-electron chi connectivity index (χ1n) is 5.10. The number of halogens is 2. The van der Waals surface area contributed by atoms with Crippen molar-refractivity contribution >= 4 is 33.2 Å². The molecule has 6 nitrogen and oxygen atoms in total. The van der Waals surface area contributed by atoms with Crippen LogP contribution in [0.2, 0.25) is 5.15 Å². The number of benzene rings is 1. The Morgan fingerprint density at radius 3 is 2.79 bits per heavy atom. The van der Waals surface area contributed by atoms with Gasteiger partial charge in [0.2, 0.25) is 0 Å². The lowest BCUT2D eigenvalue weighted by Gasteiger charge is -2.07. The zero-order chi connectivity index (χ0) is 13.8. The summed E-state index contributed by atoms with van der Waals surface area (Å²) >= 11 is 8.76. The summed E-state index contributed by atoms with van der Waals surface area (Å²) in [6.45, 7) is 0.143. The van der Waals surface area contributed by atoms with Crippen LogP contribution in [0.1, 0.15) is 5.69 Å². The summed E-state index contributed by atoms with van der Waals surface area (Å²) in [5.74, 6) is 0.367. The van der Waals surface area contributed by atoms with Gasteiger partial charge in [-0.1, -0.05) is 17.7 Å². The van der Waals surface area contributed by atoms with E-state index in [1.54, 1.807) is 12.1 Å². The van der Waals surface area contributed by atoms with Crippen molar-refractivity contribution in [3.8, 4) is 5.75 Å². The van der Waals surface area contributed by atoms with Crippen molar-refractivity contribution in [1.29, 1.82) is 0 Å². The lowest BCUT2D eigenvalue weighted by atomic mass is 10.3. The maximum atomic E-state index is 10.8. The highest BCUT2D eigenvalue weighted by Gasteiger charge is 2.15. The third kappa shape index (κ3) is 3.39. The fraction of sp³-hybridized carbons (Fsp3) is 0.0909. The number of hydrogen-bond donors (Lipinski definition) is 0. The average Bonchev–Trinajstić information content (AvgIpc) is 2.39. The summed E-state index contributed by atoms with van der Waals surface area (Å²) < 4.78 is 5.75. The maximum absolute atomic E-state index is 10.8. The van der Waals surface area contributed by atoms with Crippen LogP contribution in [0.3, 0.4) is 0 Å². The van der Waals surface area contributed by atoms with Crippen molar-refractivity contribution in [2.45, 2.75) is 6.61 Å². The molecule has 1 aromatic carbocycles. The lowest BCUT2D eigenvalue weighted by Crippen LogP contribution is -2.00. The summed E-state index contributed by atoms with van der Waals surface area (Å²) in [4.78, 5) is 18.2. The highest BCUT2D eigenvalue weighted by atomic mass is 79.9. The normalized spacial score (nSPS) is 10.2. The molecule has 0 amide bonds. The number of nitro groups is 1. The fourth-order valence-electron chi connectivity index (χ4n) is 1.32. The predicted molar refractivity (Wildman–Crippen MR) is 72.2 cm³/mol. The molecular weight excluding hydrogens is 337 g/mol. The summed E-state index contributed by atoms with van der Waals surface area (Å²) in [6.07, 6.45) is 2.89. The number of nitro benzene ring substituents is 1. The van der Waals surface area contributed by atoms with E-state index in [1.807, 2.05) is 0 Å². The van der Waals surface area contributed by atoms with Crippen LogP contribution in [0.25, 0.3) is 0 Å². The van der Waals surface area contributed by atoms with Crippen LogP contribution in [0.4, 0.5) is 5.69 Å². The molecule has 0 N–H and O–H groups in total. The molecule has 0 unspecified atom stereocenters. The molecule has 0 atom stereocenters. The third-order valence-corrected chi connectivity index (χ3v) is 3.18. The van der Waals surface area contributed by atoms with Crippen molar-refractivity contribution in [3.63, 3.8) is 0 Å². The van der Waals surface area contributed by atoms with E-state index in [-0.39, 0.29) is 12.3 Å². The van der Waals surface area contributed by atoms with E-state index >= 15 is 0 Å².